The van der Waals surface area contributed by atoms with Gasteiger partial charge in [0, 0.05) is 6.04 Å². The Morgan fingerprint density at radius 1 is 1.43 bits per heavy atom. The Hall–Kier alpha value is -0.610. The third kappa shape index (κ3) is 5.94. The lowest BCUT2D eigenvalue weighted by Gasteiger charge is -2.21. The number of nitrogens with two attached hydrogens (primary N) is 1. The first-order valence-electron chi connectivity index (χ1n) is 5.18. The predicted octanol–water partition coefficient (Wildman–Crippen LogP) is 0.180. The van der Waals surface area contributed by atoms with E-state index in [4.69, 9.17) is 5.73 Å². The van der Waals surface area contributed by atoms with Crippen molar-refractivity contribution in [2.45, 2.75) is 39.3 Å². The van der Waals surface area contributed by atoms with E-state index in [2.05, 4.69) is 31.1 Å². The Morgan fingerprint density at radius 3 is 2.43 bits per heavy atom. The Kier molecular flexibility index (Phi) is 6.49. The van der Waals surface area contributed by atoms with Gasteiger partial charge in [-0.05, 0) is 47.3 Å². The zero-order valence-corrected chi connectivity index (χ0v) is 9.71. The molecule has 0 radical (unpaired) electrons. The molecule has 1 unspecified atom stereocenters. The molecule has 0 aliphatic rings. The van der Waals surface area contributed by atoms with Crippen LogP contribution in [-0.2, 0) is 4.79 Å². The van der Waals surface area contributed by atoms with Gasteiger partial charge in [-0.3, -0.25) is 4.79 Å². The molecule has 0 spiro atoms. The van der Waals surface area contributed by atoms with Crippen LogP contribution in [0.5, 0.6) is 0 Å². The number of nitrogens with zero attached hydrogens (tertiary/aromatic N) is 1. The Balaban J connectivity index is 3.42. The summed E-state index contributed by atoms with van der Waals surface area (Å²) in [5.41, 5.74) is 5.11. The smallest absolute Gasteiger partial charge is 0.234 e. The van der Waals surface area contributed by atoms with E-state index >= 15 is 0 Å². The summed E-state index contributed by atoms with van der Waals surface area (Å²) < 4.78 is 0. The van der Waals surface area contributed by atoms with Gasteiger partial charge in [-0.2, -0.15) is 0 Å². The van der Waals surface area contributed by atoms with Crippen molar-refractivity contribution in [2.24, 2.45) is 5.73 Å². The third-order valence-corrected chi connectivity index (χ3v) is 2.45. The van der Waals surface area contributed by atoms with Crippen LogP contribution in [0.4, 0.5) is 0 Å². The molecule has 0 aromatic carbocycles. The topological polar surface area (TPSA) is 58.4 Å². The van der Waals surface area contributed by atoms with Gasteiger partial charge in [-0.25, -0.2) is 0 Å². The highest BCUT2D eigenvalue weighted by atomic mass is 16.1. The molecule has 84 valence electrons. The van der Waals surface area contributed by atoms with Gasteiger partial charge >= 0.3 is 0 Å². The summed E-state index contributed by atoms with van der Waals surface area (Å²) >= 11 is 0. The minimum absolute atomic E-state index is 0.223. The van der Waals surface area contributed by atoms with Crippen molar-refractivity contribution in [1.29, 1.82) is 0 Å². The van der Waals surface area contributed by atoms with Crippen molar-refractivity contribution in [3.63, 3.8) is 0 Å². The van der Waals surface area contributed by atoms with Crippen molar-refractivity contribution >= 4 is 5.91 Å². The first-order chi connectivity index (χ1) is 6.45. The monoisotopic (exact) mass is 201 g/mol. The Labute approximate surface area is 86.8 Å². The lowest BCUT2D eigenvalue weighted by molar-refractivity contribution is -0.119. The van der Waals surface area contributed by atoms with Crippen LogP contribution >= 0.6 is 0 Å². The molecule has 14 heavy (non-hydrogen) atoms. The molecular weight excluding hydrogens is 178 g/mol. The van der Waals surface area contributed by atoms with Crippen LogP contribution in [-0.4, -0.2) is 43.0 Å². The number of rotatable bonds is 7. The van der Waals surface area contributed by atoms with E-state index in [9.17, 15) is 4.79 Å². The van der Waals surface area contributed by atoms with Crippen LogP contribution in [0.15, 0.2) is 0 Å². The van der Waals surface area contributed by atoms with Gasteiger partial charge < -0.3 is 16.0 Å². The highest BCUT2D eigenvalue weighted by molar-refractivity contribution is 5.79. The van der Waals surface area contributed by atoms with Crippen molar-refractivity contribution in [3.05, 3.63) is 0 Å². The van der Waals surface area contributed by atoms with Crippen LogP contribution in [0.25, 0.3) is 0 Å². The second kappa shape index (κ2) is 6.79. The molecular formula is C10H23N3O. The number of hydrogen-bond acceptors (Lipinski definition) is 3. The second-order valence-corrected chi connectivity index (χ2v) is 4.01. The molecule has 0 heterocycles. The van der Waals surface area contributed by atoms with Crippen molar-refractivity contribution in [3.8, 4) is 0 Å². The zero-order valence-electron chi connectivity index (χ0n) is 9.71. The molecule has 0 saturated carbocycles. The summed E-state index contributed by atoms with van der Waals surface area (Å²) in [5, 5.41) is 3.08. The van der Waals surface area contributed by atoms with E-state index in [0.717, 1.165) is 19.5 Å². The van der Waals surface area contributed by atoms with Crippen LogP contribution in [0.3, 0.4) is 0 Å². The number of carbonyl (C=O) groups excluding carboxylic acids is 1. The fourth-order valence-corrected chi connectivity index (χ4v) is 1.01. The van der Waals surface area contributed by atoms with Gasteiger partial charge in [0.15, 0.2) is 0 Å². The van der Waals surface area contributed by atoms with Crippen molar-refractivity contribution in [1.82, 2.24) is 10.2 Å². The van der Waals surface area contributed by atoms with Crippen LogP contribution in [0.2, 0.25) is 0 Å². The molecule has 0 rings (SSSR count). The normalized spacial score (nSPS) is 13.6. The van der Waals surface area contributed by atoms with Gasteiger partial charge in [0.05, 0.1) is 6.04 Å². The summed E-state index contributed by atoms with van der Waals surface area (Å²) in [6, 6.07) is 0.350. The summed E-state index contributed by atoms with van der Waals surface area (Å²) in [6.45, 7) is 7.99. The molecule has 1 amide bonds. The maximum atomic E-state index is 10.7. The highest BCUT2D eigenvalue weighted by Crippen LogP contribution is 1.94. The van der Waals surface area contributed by atoms with Gasteiger partial charge in [0.1, 0.15) is 0 Å². The predicted molar refractivity (Wildman–Crippen MR) is 59.0 cm³/mol. The van der Waals surface area contributed by atoms with Crippen molar-refractivity contribution in [2.75, 3.05) is 20.1 Å². The van der Waals surface area contributed by atoms with Gasteiger partial charge in [0.2, 0.25) is 5.91 Å². The molecule has 0 aliphatic carbocycles. The van der Waals surface area contributed by atoms with E-state index in [1.807, 2.05) is 0 Å². The van der Waals surface area contributed by atoms with E-state index < -0.39 is 0 Å². The highest BCUT2D eigenvalue weighted by Gasteiger charge is 2.07. The first-order valence-corrected chi connectivity index (χ1v) is 5.18. The molecule has 0 bridgehead atoms. The van der Waals surface area contributed by atoms with Crippen LogP contribution in [0, 0.1) is 0 Å². The largest absolute Gasteiger partial charge is 0.368 e. The molecule has 3 N–H and O–H groups in total. The third-order valence-electron chi connectivity index (χ3n) is 2.45. The lowest BCUT2D eigenvalue weighted by Crippen LogP contribution is -2.40. The summed E-state index contributed by atoms with van der Waals surface area (Å²) in [4.78, 5) is 13.0. The quantitative estimate of drug-likeness (QED) is 0.578. The molecule has 0 aromatic heterocycles. The molecule has 0 fully saturated rings. The standard InChI is InChI=1S/C10H23N3O/c1-8(2)13(4)7-5-6-12-9(3)10(11)14/h8-9,12H,5-7H2,1-4H3,(H2,11,14). The van der Waals surface area contributed by atoms with E-state index in [1.165, 1.54) is 0 Å². The van der Waals surface area contributed by atoms with E-state index in [1.54, 1.807) is 6.92 Å². The maximum absolute atomic E-state index is 10.7. The number of primary amides is 1. The first kappa shape index (κ1) is 13.4. The summed E-state index contributed by atoms with van der Waals surface area (Å²) in [7, 11) is 2.10. The summed E-state index contributed by atoms with van der Waals surface area (Å²) in [5.74, 6) is -0.290. The molecule has 1 atom stereocenters. The maximum Gasteiger partial charge on any atom is 0.234 e. The van der Waals surface area contributed by atoms with Crippen LogP contribution < -0.4 is 11.1 Å². The Bertz CT molecular complexity index is 171. The number of nitrogens with one attached hydrogen (secondary N) is 1. The van der Waals surface area contributed by atoms with Gasteiger partial charge in [0.25, 0.3) is 0 Å². The average Bonchev–Trinajstić information content (AvgIpc) is 2.11. The zero-order chi connectivity index (χ0) is 11.1. The molecule has 0 aliphatic heterocycles. The minimum atomic E-state index is -0.290. The Morgan fingerprint density at radius 2 is 2.00 bits per heavy atom. The van der Waals surface area contributed by atoms with Gasteiger partial charge in [-0.1, -0.05) is 0 Å². The minimum Gasteiger partial charge on any atom is -0.368 e. The van der Waals surface area contributed by atoms with Crippen LogP contribution in [0.1, 0.15) is 27.2 Å². The van der Waals surface area contributed by atoms with E-state index in [0.29, 0.717) is 6.04 Å². The lowest BCUT2D eigenvalue weighted by atomic mass is 10.3. The fraction of sp³-hybridized carbons (Fsp3) is 0.900. The number of amides is 1. The number of hydrogen-bond donors (Lipinski definition) is 2. The molecule has 4 heteroatoms. The average molecular weight is 201 g/mol. The van der Waals surface area contributed by atoms with E-state index in [-0.39, 0.29) is 11.9 Å². The van der Waals surface area contributed by atoms with Crippen molar-refractivity contribution < 1.29 is 4.79 Å². The molecule has 0 saturated heterocycles. The SMILES string of the molecule is CC(NCCCN(C)C(C)C)C(N)=O. The summed E-state index contributed by atoms with van der Waals surface area (Å²) in [6.07, 6.45) is 1.03. The fourth-order valence-electron chi connectivity index (χ4n) is 1.01. The number of carbonyl (C=O) groups is 1. The van der Waals surface area contributed by atoms with Gasteiger partial charge in [-0.15, -0.1) is 0 Å². The second-order valence-electron chi connectivity index (χ2n) is 4.01. The molecule has 4 nitrogen and oxygen atoms in total. The molecule has 0 aromatic rings.